The first-order valence-electron chi connectivity index (χ1n) is 4.91. The molecule has 0 aliphatic heterocycles. The molecule has 0 radical (unpaired) electrons. The number of hydrogen-bond acceptors (Lipinski definition) is 4. The number of ether oxygens (including phenoxy) is 1. The van der Waals surface area contributed by atoms with Gasteiger partial charge in [0, 0.05) is 6.07 Å². The standard InChI is InChI=1S/C11H6F3NO3S/c12-11(13,14)7-4-5-9(19-7)18-8-3-1-2-6(15-8)10(16)17/h1-5H,(H,16,17). The average Bonchev–Trinajstić information content (AvgIpc) is 2.77. The summed E-state index contributed by atoms with van der Waals surface area (Å²) in [6, 6.07) is 6.05. The molecule has 0 saturated carbocycles. The average molecular weight is 289 g/mol. The second-order valence-electron chi connectivity index (χ2n) is 3.38. The van der Waals surface area contributed by atoms with Crippen LogP contribution < -0.4 is 4.74 Å². The van der Waals surface area contributed by atoms with Crippen molar-refractivity contribution >= 4 is 17.3 Å². The summed E-state index contributed by atoms with van der Waals surface area (Å²) in [5.41, 5.74) is -0.245. The highest BCUT2D eigenvalue weighted by molar-refractivity contribution is 7.13. The molecule has 2 heterocycles. The Kier molecular flexibility index (Phi) is 3.43. The molecule has 0 unspecified atom stereocenters. The largest absolute Gasteiger partial charge is 0.477 e. The van der Waals surface area contributed by atoms with Crippen LogP contribution in [0.4, 0.5) is 13.2 Å². The van der Waals surface area contributed by atoms with Crippen LogP contribution in [0.5, 0.6) is 10.9 Å². The lowest BCUT2D eigenvalue weighted by Gasteiger charge is -2.03. The summed E-state index contributed by atoms with van der Waals surface area (Å²) >= 11 is 0.414. The monoisotopic (exact) mass is 289 g/mol. The Labute approximate surface area is 109 Å². The van der Waals surface area contributed by atoms with Gasteiger partial charge in [0.05, 0.1) is 0 Å². The zero-order valence-electron chi connectivity index (χ0n) is 9.14. The van der Waals surface area contributed by atoms with Crippen molar-refractivity contribution in [3.8, 4) is 10.9 Å². The minimum Gasteiger partial charge on any atom is -0.477 e. The van der Waals surface area contributed by atoms with Gasteiger partial charge >= 0.3 is 12.1 Å². The van der Waals surface area contributed by atoms with Crippen molar-refractivity contribution in [3.05, 3.63) is 40.9 Å². The Morgan fingerprint density at radius 2 is 2.00 bits per heavy atom. The van der Waals surface area contributed by atoms with Crippen LogP contribution in [0.25, 0.3) is 0 Å². The van der Waals surface area contributed by atoms with Gasteiger partial charge in [-0.15, -0.1) is 0 Å². The van der Waals surface area contributed by atoms with Crippen molar-refractivity contribution in [1.29, 1.82) is 0 Å². The van der Waals surface area contributed by atoms with Gasteiger partial charge in [-0.2, -0.15) is 13.2 Å². The third kappa shape index (κ3) is 3.22. The number of carbonyl (C=O) groups is 1. The molecule has 100 valence electrons. The van der Waals surface area contributed by atoms with E-state index in [2.05, 4.69) is 4.98 Å². The van der Waals surface area contributed by atoms with E-state index >= 15 is 0 Å². The summed E-state index contributed by atoms with van der Waals surface area (Å²) < 4.78 is 42.2. The molecule has 19 heavy (non-hydrogen) atoms. The number of thiophene rings is 1. The molecule has 0 aromatic carbocycles. The van der Waals surface area contributed by atoms with Crippen molar-refractivity contribution in [2.75, 3.05) is 0 Å². The molecule has 1 N–H and O–H groups in total. The van der Waals surface area contributed by atoms with Gasteiger partial charge in [0.25, 0.3) is 0 Å². The Morgan fingerprint density at radius 3 is 2.58 bits per heavy atom. The Balaban J connectivity index is 2.19. The van der Waals surface area contributed by atoms with E-state index in [4.69, 9.17) is 9.84 Å². The minimum absolute atomic E-state index is 0.0117. The van der Waals surface area contributed by atoms with Crippen LogP contribution in [-0.4, -0.2) is 16.1 Å². The normalized spacial score (nSPS) is 11.3. The highest BCUT2D eigenvalue weighted by Crippen LogP contribution is 2.38. The number of halogens is 3. The summed E-state index contributed by atoms with van der Waals surface area (Å²) in [6.07, 6.45) is -4.43. The van der Waals surface area contributed by atoms with Crippen molar-refractivity contribution in [2.24, 2.45) is 0 Å². The summed E-state index contributed by atoms with van der Waals surface area (Å²) in [4.78, 5) is 13.5. The van der Waals surface area contributed by atoms with Crippen molar-refractivity contribution < 1.29 is 27.8 Å². The SMILES string of the molecule is O=C(O)c1cccc(Oc2ccc(C(F)(F)F)s2)n1. The van der Waals surface area contributed by atoms with Gasteiger partial charge in [-0.1, -0.05) is 17.4 Å². The molecule has 0 aliphatic rings. The summed E-state index contributed by atoms with van der Waals surface area (Å²) in [6.45, 7) is 0. The molecule has 8 heteroatoms. The highest BCUT2D eigenvalue weighted by atomic mass is 32.1. The fourth-order valence-corrected chi connectivity index (χ4v) is 1.95. The number of rotatable bonds is 3. The topological polar surface area (TPSA) is 59.4 Å². The maximum absolute atomic E-state index is 12.4. The van der Waals surface area contributed by atoms with Crippen molar-refractivity contribution in [3.63, 3.8) is 0 Å². The lowest BCUT2D eigenvalue weighted by atomic mass is 10.3. The third-order valence-electron chi connectivity index (χ3n) is 2.01. The van der Waals surface area contributed by atoms with E-state index in [9.17, 15) is 18.0 Å². The molecule has 2 rings (SSSR count). The van der Waals surface area contributed by atoms with E-state index in [0.29, 0.717) is 11.3 Å². The molecule has 0 atom stereocenters. The molecule has 0 aliphatic carbocycles. The van der Waals surface area contributed by atoms with Crippen LogP contribution in [0.1, 0.15) is 15.4 Å². The van der Waals surface area contributed by atoms with Crippen LogP contribution in [0, 0.1) is 0 Å². The molecule has 0 amide bonds. The quantitative estimate of drug-likeness (QED) is 0.937. The molecule has 2 aromatic heterocycles. The van der Waals surface area contributed by atoms with E-state index in [0.717, 1.165) is 12.1 Å². The summed E-state index contributed by atoms with van der Waals surface area (Å²) in [5.74, 6) is -1.32. The predicted octanol–water partition coefficient (Wildman–Crippen LogP) is 3.65. The zero-order chi connectivity index (χ0) is 14.0. The van der Waals surface area contributed by atoms with Crippen molar-refractivity contribution in [1.82, 2.24) is 4.98 Å². The Bertz CT molecular complexity index is 609. The second kappa shape index (κ2) is 4.88. The Hall–Kier alpha value is -2.09. The van der Waals surface area contributed by atoms with Crippen LogP contribution in [0.3, 0.4) is 0 Å². The first-order valence-corrected chi connectivity index (χ1v) is 5.73. The molecule has 0 saturated heterocycles. The fraction of sp³-hybridized carbons (Fsp3) is 0.0909. The third-order valence-corrected chi connectivity index (χ3v) is 3.02. The van der Waals surface area contributed by atoms with Gasteiger partial charge in [-0.05, 0) is 18.2 Å². The smallest absolute Gasteiger partial charge is 0.425 e. The maximum Gasteiger partial charge on any atom is 0.425 e. The molecule has 0 spiro atoms. The van der Waals surface area contributed by atoms with E-state index in [-0.39, 0.29) is 16.6 Å². The van der Waals surface area contributed by atoms with Gasteiger partial charge < -0.3 is 9.84 Å². The molecule has 0 fully saturated rings. The van der Waals surface area contributed by atoms with Crippen LogP contribution in [0.2, 0.25) is 0 Å². The van der Waals surface area contributed by atoms with Crippen LogP contribution in [0.15, 0.2) is 30.3 Å². The number of aromatic carboxylic acids is 1. The van der Waals surface area contributed by atoms with Crippen molar-refractivity contribution in [2.45, 2.75) is 6.18 Å². The fourth-order valence-electron chi connectivity index (χ4n) is 1.22. The summed E-state index contributed by atoms with van der Waals surface area (Å²) in [5, 5.41) is 8.71. The lowest BCUT2D eigenvalue weighted by molar-refractivity contribution is -0.134. The van der Waals surface area contributed by atoms with Crippen LogP contribution in [-0.2, 0) is 6.18 Å². The highest BCUT2D eigenvalue weighted by Gasteiger charge is 2.32. The number of nitrogens with zero attached hydrogens (tertiary/aromatic N) is 1. The first kappa shape index (κ1) is 13.3. The molecule has 0 bridgehead atoms. The van der Waals surface area contributed by atoms with Gasteiger partial charge in [-0.3, -0.25) is 0 Å². The maximum atomic E-state index is 12.4. The van der Waals surface area contributed by atoms with E-state index in [1.807, 2.05) is 0 Å². The van der Waals surface area contributed by atoms with Gasteiger partial charge in [0.15, 0.2) is 10.8 Å². The van der Waals surface area contributed by atoms with Gasteiger partial charge in [0.2, 0.25) is 5.88 Å². The minimum atomic E-state index is -4.43. The number of hydrogen-bond donors (Lipinski definition) is 1. The molecule has 2 aromatic rings. The van der Waals surface area contributed by atoms with E-state index in [1.54, 1.807) is 0 Å². The zero-order valence-corrected chi connectivity index (χ0v) is 9.96. The van der Waals surface area contributed by atoms with E-state index < -0.39 is 17.0 Å². The number of pyridine rings is 1. The number of carboxylic acids is 1. The molecular weight excluding hydrogens is 283 g/mol. The van der Waals surface area contributed by atoms with Gasteiger partial charge in [-0.25, -0.2) is 9.78 Å². The van der Waals surface area contributed by atoms with Crippen LogP contribution >= 0.6 is 11.3 Å². The number of alkyl halides is 3. The van der Waals surface area contributed by atoms with E-state index in [1.165, 1.54) is 18.2 Å². The Morgan fingerprint density at radius 1 is 1.26 bits per heavy atom. The number of aromatic nitrogens is 1. The summed E-state index contributed by atoms with van der Waals surface area (Å²) in [7, 11) is 0. The predicted molar refractivity (Wildman–Crippen MR) is 60.6 cm³/mol. The second-order valence-corrected chi connectivity index (χ2v) is 4.43. The van der Waals surface area contributed by atoms with Gasteiger partial charge in [0.1, 0.15) is 4.88 Å². The lowest BCUT2D eigenvalue weighted by Crippen LogP contribution is -2.01. The number of carboxylic acid groups (broad SMARTS) is 1. The first-order chi connectivity index (χ1) is 8.86. The molecule has 4 nitrogen and oxygen atoms in total. The molecular formula is C11H6F3NO3S.